The maximum atomic E-state index is 12.1. The van der Waals surface area contributed by atoms with Crippen molar-refractivity contribution >= 4 is 21.8 Å². The molecule has 0 aromatic carbocycles. The minimum absolute atomic E-state index is 0.0344. The number of rotatable bonds is 6. The molecular formula is C13H22BrN3O. The molecule has 0 aliphatic heterocycles. The lowest BCUT2D eigenvalue weighted by Gasteiger charge is -2.29. The number of amides is 1. The molecule has 1 rings (SSSR count). The zero-order valence-corrected chi connectivity index (χ0v) is 13.2. The highest BCUT2D eigenvalue weighted by Gasteiger charge is 2.26. The Balaban J connectivity index is 2.69. The Labute approximate surface area is 117 Å². The van der Waals surface area contributed by atoms with Crippen LogP contribution in [0.2, 0.25) is 0 Å². The highest BCUT2D eigenvalue weighted by Crippen LogP contribution is 2.27. The van der Waals surface area contributed by atoms with Crippen LogP contribution in [0.25, 0.3) is 0 Å². The van der Waals surface area contributed by atoms with Gasteiger partial charge in [-0.3, -0.25) is 9.48 Å². The summed E-state index contributed by atoms with van der Waals surface area (Å²) in [6.45, 7) is 6.91. The van der Waals surface area contributed by atoms with Crippen molar-refractivity contribution in [2.24, 2.45) is 12.5 Å². The van der Waals surface area contributed by atoms with Crippen LogP contribution in [0.3, 0.4) is 0 Å². The van der Waals surface area contributed by atoms with Gasteiger partial charge in [0.05, 0.1) is 11.8 Å². The maximum Gasteiger partial charge on any atom is 0.254 e. The summed E-state index contributed by atoms with van der Waals surface area (Å²) in [6.07, 6.45) is 3.71. The Morgan fingerprint density at radius 1 is 1.50 bits per heavy atom. The van der Waals surface area contributed by atoms with Gasteiger partial charge in [0.1, 0.15) is 0 Å². The topological polar surface area (TPSA) is 46.9 Å². The van der Waals surface area contributed by atoms with Crippen molar-refractivity contribution < 1.29 is 4.79 Å². The van der Waals surface area contributed by atoms with Gasteiger partial charge in [-0.15, -0.1) is 0 Å². The molecule has 0 atom stereocenters. The van der Waals surface area contributed by atoms with Gasteiger partial charge in [0.25, 0.3) is 5.91 Å². The predicted octanol–water partition coefficient (Wildman–Crippen LogP) is 2.66. The number of carbonyl (C=O) groups is 1. The van der Waals surface area contributed by atoms with Gasteiger partial charge in [-0.25, -0.2) is 0 Å². The summed E-state index contributed by atoms with van der Waals surface area (Å²) in [5.74, 6) is -0.0344. The van der Waals surface area contributed by atoms with E-state index in [0.29, 0.717) is 12.1 Å². The molecule has 0 radical (unpaired) electrons. The van der Waals surface area contributed by atoms with Crippen molar-refractivity contribution in [1.82, 2.24) is 15.1 Å². The molecule has 0 saturated heterocycles. The van der Waals surface area contributed by atoms with E-state index in [1.807, 2.05) is 14.0 Å². The third kappa shape index (κ3) is 3.13. The van der Waals surface area contributed by atoms with E-state index in [4.69, 9.17) is 0 Å². The number of nitrogens with one attached hydrogen (secondary N) is 1. The number of halogens is 1. The van der Waals surface area contributed by atoms with Gasteiger partial charge in [0, 0.05) is 24.6 Å². The van der Waals surface area contributed by atoms with Crippen molar-refractivity contribution in [1.29, 1.82) is 0 Å². The van der Waals surface area contributed by atoms with Gasteiger partial charge in [-0.05, 0) is 25.2 Å². The second kappa shape index (κ2) is 6.36. The van der Waals surface area contributed by atoms with Gasteiger partial charge in [-0.2, -0.15) is 5.10 Å². The Kier molecular flexibility index (Phi) is 5.38. The van der Waals surface area contributed by atoms with Crippen molar-refractivity contribution in [2.75, 3.05) is 11.9 Å². The molecule has 1 heterocycles. The average Bonchev–Trinajstić information content (AvgIpc) is 2.72. The first-order chi connectivity index (χ1) is 8.49. The van der Waals surface area contributed by atoms with Crippen molar-refractivity contribution in [2.45, 2.75) is 33.6 Å². The van der Waals surface area contributed by atoms with Crippen molar-refractivity contribution in [3.63, 3.8) is 0 Å². The van der Waals surface area contributed by atoms with Crippen LogP contribution < -0.4 is 5.32 Å². The smallest absolute Gasteiger partial charge is 0.254 e. The third-order valence-electron chi connectivity index (χ3n) is 3.89. The molecule has 0 unspecified atom stereocenters. The number of aryl methyl sites for hydroxylation is 1. The summed E-state index contributed by atoms with van der Waals surface area (Å²) < 4.78 is 1.71. The van der Waals surface area contributed by atoms with E-state index in [1.165, 1.54) is 0 Å². The lowest BCUT2D eigenvalue weighted by Crippen LogP contribution is -2.38. The van der Waals surface area contributed by atoms with Gasteiger partial charge in [0.15, 0.2) is 0 Å². The molecule has 0 fully saturated rings. The molecule has 1 aromatic heterocycles. The molecule has 18 heavy (non-hydrogen) atoms. The monoisotopic (exact) mass is 315 g/mol. The fourth-order valence-electron chi connectivity index (χ4n) is 1.82. The highest BCUT2D eigenvalue weighted by atomic mass is 79.9. The number of nitrogens with zero attached hydrogens (tertiary/aromatic N) is 2. The average molecular weight is 316 g/mol. The second-order valence-electron chi connectivity index (χ2n) is 4.79. The summed E-state index contributed by atoms with van der Waals surface area (Å²) >= 11 is 3.55. The second-order valence-corrected chi connectivity index (χ2v) is 5.35. The van der Waals surface area contributed by atoms with Crippen LogP contribution in [-0.2, 0) is 7.05 Å². The van der Waals surface area contributed by atoms with Crippen LogP contribution in [0.1, 0.15) is 42.7 Å². The Morgan fingerprint density at radius 2 is 2.11 bits per heavy atom. The van der Waals surface area contributed by atoms with E-state index in [-0.39, 0.29) is 11.3 Å². The van der Waals surface area contributed by atoms with Crippen molar-refractivity contribution in [3.8, 4) is 0 Å². The first-order valence-corrected chi connectivity index (χ1v) is 7.44. The van der Waals surface area contributed by atoms with E-state index in [9.17, 15) is 4.79 Å². The molecule has 1 N–H and O–H groups in total. The molecular weight excluding hydrogens is 294 g/mol. The van der Waals surface area contributed by atoms with Crippen LogP contribution in [0, 0.1) is 12.3 Å². The standard InChI is InChI=1S/C13H22BrN3O/c1-5-13(6-2,8-14)9-15-12(18)11-7-16-17(4)10(11)3/h7H,5-6,8-9H2,1-4H3,(H,15,18). The highest BCUT2D eigenvalue weighted by molar-refractivity contribution is 9.09. The van der Waals surface area contributed by atoms with E-state index in [2.05, 4.69) is 40.2 Å². The van der Waals surface area contributed by atoms with Crippen LogP contribution in [0.4, 0.5) is 0 Å². The fourth-order valence-corrected chi connectivity index (χ4v) is 2.81. The van der Waals surface area contributed by atoms with Gasteiger partial charge >= 0.3 is 0 Å². The maximum absolute atomic E-state index is 12.1. The first kappa shape index (κ1) is 15.2. The first-order valence-electron chi connectivity index (χ1n) is 6.32. The molecule has 0 saturated carbocycles. The Morgan fingerprint density at radius 3 is 2.50 bits per heavy atom. The van der Waals surface area contributed by atoms with E-state index in [0.717, 1.165) is 23.9 Å². The fraction of sp³-hybridized carbons (Fsp3) is 0.692. The number of carbonyl (C=O) groups excluding carboxylic acids is 1. The molecule has 4 nitrogen and oxygen atoms in total. The zero-order valence-electron chi connectivity index (χ0n) is 11.6. The van der Waals surface area contributed by atoms with Crippen molar-refractivity contribution in [3.05, 3.63) is 17.5 Å². The minimum atomic E-state index is -0.0344. The van der Waals surface area contributed by atoms with Crippen LogP contribution >= 0.6 is 15.9 Å². The quantitative estimate of drug-likeness (QED) is 0.820. The summed E-state index contributed by atoms with van der Waals surface area (Å²) in [5.41, 5.74) is 1.70. The van der Waals surface area contributed by atoms with Crippen LogP contribution in [0.15, 0.2) is 6.20 Å². The van der Waals surface area contributed by atoms with E-state index in [1.54, 1.807) is 10.9 Å². The normalized spacial score (nSPS) is 11.6. The molecule has 1 amide bonds. The third-order valence-corrected chi connectivity index (χ3v) is 5.08. The summed E-state index contributed by atoms with van der Waals surface area (Å²) in [6, 6.07) is 0. The van der Waals surface area contributed by atoms with Gasteiger partial charge < -0.3 is 5.32 Å². The Hall–Kier alpha value is -0.840. The van der Waals surface area contributed by atoms with E-state index >= 15 is 0 Å². The molecule has 0 bridgehead atoms. The molecule has 0 spiro atoms. The van der Waals surface area contributed by atoms with Crippen LogP contribution in [-0.4, -0.2) is 27.6 Å². The van der Waals surface area contributed by atoms with Crippen LogP contribution in [0.5, 0.6) is 0 Å². The number of aromatic nitrogens is 2. The predicted molar refractivity (Wildman–Crippen MR) is 77.1 cm³/mol. The molecule has 5 heteroatoms. The number of hydrogen-bond donors (Lipinski definition) is 1. The number of alkyl halides is 1. The van der Waals surface area contributed by atoms with Gasteiger partial charge in [0.2, 0.25) is 0 Å². The lowest BCUT2D eigenvalue weighted by atomic mass is 9.84. The largest absolute Gasteiger partial charge is 0.351 e. The SMILES string of the molecule is CCC(CC)(CBr)CNC(=O)c1cnn(C)c1C. The van der Waals surface area contributed by atoms with E-state index < -0.39 is 0 Å². The summed E-state index contributed by atoms with van der Waals surface area (Å²) in [4.78, 5) is 12.1. The molecule has 102 valence electrons. The minimum Gasteiger partial charge on any atom is -0.351 e. The molecule has 0 aliphatic rings. The number of hydrogen-bond acceptors (Lipinski definition) is 2. The summed E-state index contributed by atoms with van der Waals surface area (Å²) in [7, 11) is 1.84. The summed E-state index contributed by atoms with van der Waals surface area (Å²) in [5, 5.41) is 8.02. The zero-order chi connectivity index (χ0) is 13.8. The molecule has 0 aliphatic carbocycles. The van der Waals surface area contributed by atoms with Gasteiger partial charge in [-0.1, -0.05) is 29.8 Å². The molecule has 1 aromatic rings. The lowest BCUT2D eigenvalue weighted by molar-refractivity contribution is 0.0931. The Bertz CT molecular complexity index is 402.